The predicted molar refractivity (Wildman–Crippen MR) is 296 cm³/mol. The maximum atomic E-state index is 12.9. The fourth-order valence-corrected chi connectivity index (χ4v) is 17.3. The van der Waals surface area contributed by atoms with Gasteiger partial charge in [0.25, 0.3) is 0 Å². The summed E-state index contributed by atoms with van der Waals surface area (Å²) < 4.78 is 65.6. The third-order valence-corrected chi connectivity index (χ3v) is 22.5. The number of carbonyl (C=O) groups is 1. The lowest BCUT2D eigenvalue weighted by Gasteiger charge is -2.71. The van der Waals surface area contributed by atoms with Crippen molar-refractivity contribution in [2.24, 2.45) is 45.3 Å². The summed E-state index contributed by atoms with van der Waals surface area (Å²) in [7, 11) is 0. The van der Waals surface area contributed by atoms with E-state index >= 15 is 0 Å². The molecule has 0 aromatic carbocycles. The SMILES string of the molecule is CC(=O)OC[C@H]1O[C@@H](O[C@H]2[C@H](O[C@H]3CC[C@]4(C)[C@H]5C[C@@H](O)[C@@H]6[C@@H]([C@](C)(CCC=C(C)C)O[C@@H]7O[C@H](CO[C@@H]8OC[C@H](O[C@@H]9OC[C@@H](O)[C@H](O)[C@H]9O)[C@H](O)[C@H]8O)[C@@H](O)[C@H](O)[C@H]7O)CC[C@@]6(C)[C@]5(C)CC[C@H]4C3(C)C)O[C@H](CO)[C@@H](O)[C@@H]2O)[C@H](O)[C@@H](O)[C@@H]1O. The van der Waals surface area contributed by atoms with E-state index in [4.69, 9.17) is 52.1 Å². The van der Waals surface area contributed by atoms with Crippen LogP contribution in [0.5, 0.6) is 0 Å². The van der Waals surface area contributed by atoms with Crippen molar-refractivity contribution >= 4 is 5.97 Å². The molecule has 0 bridgehead atoms. The second-order valence-corrected chi connectivity index (χ2v) is 28.3. The average molecular weight is 1250 g/mol. The van der Waals surface area contributed by atoms with Crippen LogP contribution in [0, 0.1) is 45.3 Å². The first kappa shape index (κ1) is 69.5. The van der Waals surface area contributed by atoms with Crippen LogP contribution in [-0.2, 0) is 56.9 Å². The number of ether oxygens (including phenoxy) is 11. The van der Waals surface area contributed by atoms with Crippen LogP contribution < -0.4 is 0 Å². The summed E-state index contributed by atoms with van der Waals surface area (Å²) in [6.45, 7) is 15.8. The van der Waals surface area contributed by atoms with Gasteiger partial charge in [-0.05, 0) is 124 Å². The maximum absolute atomic E-state index is 12.9. The van der Waals surface area contributed by atoms with E-state index in [2.05, 4.69) is 40.7 Å². The molecule has 5 heterocycles. The molecule has 4 aliphatic carbocycles. The third-order valence-electron chi connectivity index (χ3n) is 22.5. The van der Waals surface area contributed by atoms with Crippen molar-refractivity contribution in [2.75, 3.05) is 33.0 Å². The first-order chi connectivity index (χ1) is 40.7. The summed E-state index contributed by atoms with van der Waals surface area (Å²) in [5, 5.41) is 165. The first-order valence-electron chi connectivity index (χ1n) is 31.1. The van der Waals surface area contributed by atoms with Gasteiger partial charge in [-0.3, -0.25) is 4.79 Å². The lowest BCUT2D eigenvalue weighted by atomic mass is 9.35. The first-order valence-corrected chi connectivity index (χ1v) is 31.1. The van der Waals surface area contributed by atoms with E-state index in [1.54, 1.807) is 0 Å². The van der Waals surface area contributed by atoms with Gasteiger partial charge in [-0.2, -0.15) is 0 Å². The molecule has 0 radical (unpaired) electrons. The van der Waals surface area contributed by atoms with Gasteiger partial charge in [0.2, 0.25) is 0 Å². The van der Waals surface area contributed by atoms with E-state index < -0.39 is 196 Å². The summed E-state index contributed by atoms with van der Waals surface area (Å²) in [5.41, 5.74) is -1.75. The zero-order valence-corrected chi connectivity index (χ0v) is 51.3. The molecular formula is C60H100O27. The highest BCUT2D eigenvalue weighted by Gasteiger charge is 2.72. The molecule has 5 saturated heterocycles. The smallest absolute Gasteiger partial charge is 0.302 e. The quantitative estimate of drug-likeness (QED) is 0.0382. The van der Waals surface area contributed by atoms with E-state index in [0.717, 1.165) is 31.8 Å². The maximum Gasteiger partial charge on any atom is 0.302 e. The highest BCUT2D eigenvalue weighted by atomic mass is 16.8. The predicted octanol–water partition coefficient (Wildman–Crippen LogP) is -2.53. The van der Waals surface area contributed by atoms with E-state index in [1.807, 2.05) is 20.8 Å². The molecule has 0 amide bonds. The number of hydrogen-bond acceptors (Lipinski definition) is 27. The number of rotatable bonds is 18. The largest absolute Gasteiger partial charge is 0.463 e. The third kappa shape index (κ3) is 13.0. The molecule has 9 fully saturated rings. The van der Waals surface area contributed by atoms with Crippen LogP contribution in [0.1, 0.15) is 120 Å². The number of aliphatic hydroxyl groups excluding tert-OH is 15. The second-order valence-electron chi connectivity index (χ2n) is 28.3. The molecule has 27 heteroatoms. The summed E-state index contributed by atoms with van der Waals surface area (Å²) in [4.78, 5) is 11.6. The zero-order valence-electron chi connectivity index (χ0n) is 51.3. The summed E-state index contributed by atoms with van der Waals surface area (Å²) in [5.74, 6) is -1.27. The molecule has 5 aliphatic heterocycles. The van der Waals surface area contributed by atoms with E-state index in [9.17, 15) is 81.4 Å². The van der Waals surface area contributed by atoms with Crippen molar-refractivity contribution in [2.45, 2.75) is 279 Å². The van der Waals surface area contributed by atoms with Gasteiger partial charge in [0.1, 0.15) is 116 Å². The number of hydrogen-bond donors (Lipinski definition) is 15. The molecular weight excluding hydrogens is 1150 g/mol. The molecule has 27 nitrogen and oxygen atoms in total. The van der Waals surface area contributed by atoms with Crippen molar-refractivity contribution in [3.63, 3.8) is 0 Å². The van der Waals surface area contributed by atoms with Gasteiger partial charge in [-0.15, -0.1) is 0 Å². The van der Waals surface area contributed by atoms with Gasteiger partial charge >= 0.3 is 5.97 Å². The van der Waals surface area contributed by atoms with Gasteiger partial charge < -0.3 is 129 Å². The molecule has 0 unspecified atom stereocenters. The van der Waals surface area contributed by atoms with Crippen molar-refractivity contribution in [1.29, 1.82) is 0 Å². The number of carbonyl (C=O) groups excluding carboxylic acids is 1. The lowest BCUT2D eigenvalue weighted by Crippen LogP contribution is -2.68. The van der Waals surface area contributed by atoms with Gasteiger partial charge in [0.05, 0.1) is 44.2 Å². The highest BCUT2D eigenvalue weighted by molar-refractivity contribution is 5.65. The molecule has 87 heavy (non-hydrogen) atoms. The van der Waals surface area contributed by atoms with Crippen molar-refractivity contribution in [3.05, 3.63) is 11.6 Å². The van der Waals surface area contributed by atoms with Crippen LogP contribution in [0.4, 0.5) is 0 Å². The molecule has 0 aromatic rings. The molecule has 0 aromatic heterocycles. The van der Waals surface area contributed by atoms with Crippen LogP contribution in [-0.4, -0.2) is 275 Å². The molecule has 502 valence electrons. The molecule has 4 saturated carbocycles. The molecule has 15 N–H and O–H groups in total. The van der Waals surface area contributed by atoms with Crippen LogP contribution >= 0.6 is 0 Å². The Labute approximate surface area is 507 Å². The molecule has 9 rings (SSSR count). The minimum atomic E-state index is -1.86. The average Bonchev–Trinajstić information content (AvgIpc) is 1.69. The number of allylic oxidation sites excluding steroid dienone is 2. The Morgan fingerprint density at radius 3 is 1.80 bits per heavy atom. The van der Waals surface area contributed by atoms with Gasteiger partial charge in [-0.25, -0.2) is 0 Å². The Kier molecular flexibility index (Phi) is 21.5. The number of esters is 1. The lowest BCUT2D eigenvalue weighted by molar-refractivity contribution is -0.378. The summed E-state index contributed by atoms with van der Waals surface area (Å²) >= 11 is 0. The van der Waals surface area contributed by atoms with E-state index in [1.165, 1.54) is 0 Å². The topological polar surface area (TPSA) is 422 Å². The second kappa shape index (κ2) is 26.9. The van der Waals surface area contributed by atoms with Crippen molar-refractivity contribution in [3.8, 4) is 0 Å². The van der Waals surface area contributed by atoms with Crippen LogP contribution in [0.25, 0.3) is 0 Å². The monoisotopic (exact) mass is 1250 g/mol. The fraction of sp³-hybridized carbons (Fsp3) is 0.950. The standard InChI is InChI=1S/C60H100O27/c1-25(2)11-10-15-60(9,87-54-49(76)44(71)41(68)32(84-54)23-79-51-47(74)42(69)33(24-80-51)82-52-46(73)38(65)29(64)21-78-52)27-12-17-59(8)37(27)28(63)19-35-57(6)16-14-36(56(4,5)34(57)13-18-58(35,59)7)85-55-50(45(72)39(66)30(20-61)81-55)86-53-48(75)43(70)40(67)31(83-53)22-77-26(3)62/h11,27-55,61,63-76H,10,12-24H2,1-9H3/t27-,28+,29+,30+,31+,32+,33-,34-,35+,36-,37-,38-,39+,40+,41+,42-,43-,44-,45-,46+,47+,48+,49+,50+,51+,52-,53-,54-,55-,57-,58+,59+,60-/m0/s1. The summed E-state index contributed by atoms with van der Waals surface area (Å²) in [6, 6.07) is 0. The van der Waals surface area contributed by atoms with E-state index in [0.29, 0.717) is 38.5 Å². The Morgan fingerprint density at radius 2 is 1.15 bits per heavy atom. The minimum absolute atomic E-state index is 0.00896. The van der Waals surface area contributed by atoms with Crippen LogP contribution in [0.2, 0.25) is 0 Å². The molecule has 0 spiro atoms. The van der Waals surface area contributed by atoms with Crippen LogP contribution in [0.3, 0.4) is 0 Å². The Hall–Kier alpha value is -1.79. The van der Waals surface area contributed by atoms with Crippen LogP contribution in [0.15, 0.2) is 11.6 Å². The van der Waals surface area contributed by atoms with Crippen molar-refractivity contribution in [1.82, 2.24) is 0 Å². The highest BCUT2D eigenvalue weighted by Crippen LogP contribution is 2.76. The Bertz CT molecular complexity index is 2330. The normalized spacial score (nSPS) is 51.5. The van der Waals surface area contributed by atoms with Gasteiger partial charge in [0, 0.05) is 6.92 Å². The number of aliphatic hydroxyl groups is 15. The zero-order chi connectivity index (χ0) is 63.8. The van der Waals surface area contributed by atoms with Gasteiger partial charge in [-0.1, -0.05) is 46.3 Å². The Balaban J connectivity index is 0.893. The number of fused-ring (bicyclic) bond motifs is 5. The molecule has 9 aliphatic rings. The van der Waals surface area contributed by atoms with Gasteiger partial charge in [0.15, 0.2) is 31.5 Å². The van der Waals surface area contributed by atoms with E-state index in [-0.39, 0.29) is 47.7 Å². The molecule has 33 atom stereocenters. The van der Waals surface area contributed by atoms with Crippen molar-refractivity contribution < 1.29 is 133 Å². The summed E-state index contributed by atoms with van der Waals surface area (Å²) in [6.07, 6.45) is -30.3. The minimum Gasteiger partial charge on any atom is -0.463 e. The fourth-order valence-electron chi connectivity index (χ4n) is 17.3. The Morgan fingerprint density at radius 1 is 0.563 bits per heavy atom.